The molecule has 0 heterocycles. The molecule has 0 unspecified atom stereocenters. The number of rotatable bonds is 0. The van der Waals surface area contributed by atoms with Crippen molar-refractivity contribution in [3.8, 4) is 0 Å². The quantitative estimate of drug-likeness (QED) is 0.331. The topological polar surface area (TPSA) is 12.4 Å². The Hall–Kier alpha value is -0.0701. The first-order valence-electron chi connectivity index (χ1n) is 1.04. The molecule has 4 heavy (non-hydrogen) atoms. The molecule has 2 radical (unpaired) electrons. The van der Waals surface area contributed by atoms with Crippen molar-refractivity contribution in [3.63, 3.8) is 0 Å². The predicted octanol–water partition coefficient (Wildman–Crippen LogP) is -0.413. The monoisotopic (exact) mass is 51.0 g/mol. The molecule has 0 aromatic rings. The van der Waals surface area contributed by atoms with Crippen molar-refractivity contribution in [3.05, 3.63) is 0 Å². The zero-order valence-corrected chi connectivity index (χ0v) is 2.60. The summed E-state index contributed by atoms with van der Waals surface area (Å²) >= 11 is 0. The van der Waals surface area contributed by atoms with Crippen molar-refractivity contribution in [1.82, 2.24) is 0 Å². The van der Waals surface area contributed by atoms with Gasteiger partial charge >= 0.3 is 26.6 Å². The second-order valence-electron chi connectivity index (χ2n) is 0.407. The van der Waals surface area contributed by atoms with Crippen LogP contribution in [0.4, 0.5) is 0 Å². The Kier molecular flexibility index (Phi) is 2.88. The van der Waals surface area contributed by atoms with Crippen molar-refractivity contribution in [1.29, 1.82) is 0 Å². The average Bonchev–Trinajstić information content (AvgIpc) is 1.37. The SMILES string of the molecule is [B]B=NC. The fourth-order valence-electron chi connectivity index (χ4n) is 0. The van der Waals surface area contributed by atoms with E-state index in [1.54, 1.807) is 7.05 Å². The molecular formula is CH3B2N. The van der Waals surface area contributed by atoms with E-state index in [1.807, 2.05) is 0 Å². The van der Waals surface area contributed by atoms with Gasteiger partial charge in [-0.15, -0.1) is 0 Å². The molecule has 0 aliphatic rings. The van der Waals surface area contributed by atoms with Crippen LogP contribution in [0.1, 0.15) is 0 Å². The van der Waals surface area contributed by atoms with E-state index in [0.29, 0.717) is 0 Å². The third kappa shape index (κ3) is 1.93. The van der Waals surface area contributed by atoms with Crippen LogP contribution in [0.25, 0.3) is 0 Å². The van der Waals surface area contributed by atoms with Crippen LogP contribution in [0.5, 0.6) is 0 Å². The molecule has 0 spiro atoms. The molecule has 0 aliphatic carbocycles. The van der Waals surface area contributed by atoms with Gasteiger partial charge in [0.05, 0.1) is 0 Å². The second kappa shape index (κ2) is 2.93. The Morgan fingerprint density at radius 1 is 2.00 bits per heavy atom. The summed E-state index contributed by atoms with van der Waals surface area (Å²) in [5.74, 6) is 0. The van der Waals surface area contributed by atoms with Crippen LogP contribution < -0.4 is 0 Å². The van der Waals surface area contributed by atoms with Crippen LogP contribution in [-0.4, -0.2) is 21.7 Å². The van der Waals surface area contributed by atoms with E-state index in [4.69, 9.17) is 7.74 Å². The maximum absolute atomic E-state index is 4.74. The van der Waals surface area contributed by atoms with Crippen LogP contribution >= 0.6 is 0 Å². The van der Waals surface area contributed by atoms with Crippen LogP contribution in [-0.2, 0) is 0 Å². The first kappa shape index (κ1) is 3.93. The molecule has 0 atom stereocenters. The zero-order valence-electron chi connectivity index (χ0n) is 2.60. The maximum atomic E-state index is 4.74. The molecule has 0 fully saturated rings. The summed E-state index contributed by atoms with van der Waals surface area (Å²) in [6.45, 7) is 1.25. The van der Waals surface area contributed by atoms with Crippen molar-refractivity contribution in [2.45, 2.75) is 0 Å². The molecular weight excluding hydrogens is 47.6 g/mol. The third-order valence-corrected chi connectivity index (χ3v) is 0.149. The standard InChI is InChI=1S/CH3B2N/c1-4-3-2/h1H3. The van der Waals surface area contributed by atoms with Gasteiger partial charge in [-0.2, -0.15) is 0 Å². The van der Waals surface area contributed by atoms with Crippen LogP contribution in [0, 0.1) is 0 Å². The van der Waals surface area contributed by atoms with Crippen LogP contribution in [0.3, 0.4) is 0 Å². The molecule has 0 saturated carbocycles. The Labute approximate surface area is 27.8 Å². The molecule has 0 amide bonds. The van der Waals surface area contributed by atoms with Gasteiger partial charge in [0.15, 0.2) is 0 Å². The van der Waals surface area contributed by atoms with Crippen molar-refractivity contribution < 1.29 is 0 Å². The average molecular weight is 50.7 g/mol. The van der Waals surface area contributed by atoms with Gasteiger partial charge < -0.3 is 0 Å². The first-order chi connectivity index (χ1) is 1.91. The third-order valence-electron chi connectivity index (χ3n) is 0.149. The summed E-state index contributed by atoms with van der Waals surface area (Å²) in [4.78, 5) is 3.39. The fraction of sp³-hybridized carbons (Fsp3) is 1.00. The van der Waals surface area contributed by atoms with E-state index in [0.717, 1.165) is 0 Å². The van der Waals surface area contributed by atoms with Gasteiger partial charge in [-0.1, -0.05) is 0 Å². The van der Waals surface area contributed by atoms with Crippen molar-refractivity contribution >= 4 is 14.7 Å². The molecule has 0 bridgehead atoms. The minimum absolute atomic E-state index is 1.25. The Balaban J connectivity index is 2.55. The van der Waals surface area contributed by atoms with Gasteiger partial charge in [-0.3, -0.25) is 0 Å². The van der Waals surface area contributed by atoms with E-state index in [2.05, 4.69) is 4.90 Å². The molecule has 0 aromatic carbocycles. The molecule has 0 saturated heterocycles. The van der Waals surface area contributed by atoms with Gasteiger partial charge in [0.1, 0.15) is 0 Å². The summed E-state index contributed by atoms with van der Waals surface area (Å²) in [7, 11) is 6.36. The van der Waals surface area contributed by atoms with E-state index in [9.17, 15) is 0 Å². The van der Waals surface area contributed by atoms with E-state index in [-0.39, 0.29) is 0 Å². The number of hydrogen-bond donors (Lipinski definition) is 0. The fourth-order valence-corrected chi connectivity index (χ4v) is 0. The first-order valence-corrected chi connectivity index (χ1v) is 1.04. The molecule has 1 nitrogen and oxygen atoms in total. The Morgan fingerprint density at radius 2 is 2.25 bits per heavy atom. The summed E-state index contributed by atoms with van der Waals surface area (Å²) < 4.78 is 0. The summed E-state index contributed by atoms with van der Waals surface area (Å²) in [6, 6.07) is 0. The van der Waals surface area contributed by atoms with Gasteiger partial charge in [0.2, 0.25) is 0 Å². The molecule has 0 aliphatic heterocycles. The van der Waals surface area contributed by atoms with Gasteiger partial charge in [0, 0.05) is 0 Å². The van der Waals surface area contributed by atoms with E-state index >= 15 is 0 Å². The molecule has 0 rings (SSSR count). The van der Waals surface area contributed by atoms with E-state index < -0.39 is 0 Å². The zero-order chi connectivity index (χ0) is 3.41. The summed E-state index contributed by atoms with van der Waals surface area (Å²) in [6.07, 6.45) is 0. The Morgan fingerprint density at radius 3 is 2.25 bits per heavy atom. The van der Waals surface area contributed by atoms with E-state index in [1.165, 1.54) is 6.96 Å². The van der Waals surface area contributed by atoms with Crippen LogP contribution in [0.15, 0.2) is 4.90 Å². The number of nitrogens with zero attached hydrogens (tertiary/aromatic N) is 1. The minimum atomic E-state index is 1.25. The van der Waals surface area contributed by atoms with Gasteiger partial charge in [-0.25, -0.2) is 0 Å². The summed E-state index contributed by atoms with van der Waals surface area (Å²) in [5.41, 5.74) is 0. The molecule has 18 valence electrons. The molecule has 3 heteroatoms. The number of hydrogen-bond acceptors (Lipinski definition) is 1. The Bertz CT molecular complexity index is 21.2. The normalized spacial score (nSPS) is 7.25. The van der Waals surface area contributed by atoms with Crippen molar-refractivity contribution in [2.24, 2.45) is 4.90 Å². The molecule has 0 aromatic heterocycles. The second-order valence-corrected chi connectivity index (χ2v) is 0.407. The van der Waals surface area contributed by atoms with Gasteiger partial charge in [0.25, 0.3) is 0 Å². The predicted molar refractivity (Wildman–Crippen MR) is 19.9 cm³/mol. The van der Waals surface area contributed by atoms with Gasteiger partial charge in [-0.05, 0) is 0 Å². The van der Waals surface area contributed by atoms with Crippen LogP contribution in [0.2, 0.25) is 0 Å². The molecule has 0 N–H and O–H groups in total. The summed E-state index contributed by atoms with van der Waals surface area (Å²) in [5, 5.41) is 0. The van der Waals surface area contributed by atoms with Crippen molar-refractivity contribution in [2.75, 3.05) is 7.05 Å².